The highest BCUT2D eigenvalue weighted by Gasteiger charge is 2.16. The quantitative estimate of drug-likeness (QED) is 0.332. The number of hydrogen-bond donors (Lipinski definition) is 1. The zero-order chi connectivity index (χ0) is 21.5. The number of nitro groups is 1. The SMILES string of the molecule is COc1ccc(Oc2ccc(C=NNC(=O)Cc3csc(C)n3)cc2[N+](=O)[O-])cc1. The Hall–Kier alpha value is -3.79. The lowest BCUT2D eigenvalue weighted by Crippen LogP contribution is -2.19. The molecule has 9 nitrogen and oxygen atoms in total. The number of nitro benzene ring substituents is 1. The third-order valence-electron chi connectivity index (χ3n) is 3.88. The monoisotopic (exact) mass is 426 g/mol. The van der Waals surface area contributed by atoms with Gasteiger partial charge in [-0.2, -0.15) is 5.10 Å². The molecule has 0 radical (unpaired) electrons. The molecule has 2 aromatic carbocycles. The highest BCUT2D eigenvalue weighted by molar-refractivity contribution is 7.09. The van der Waals surface area contributed by atoms with Crippen molar-refractivity contribution in [2.75, 3.05) is 7.11 Å². The number of carbonyl (C=O) groups is 1. The fourth-order valence-electron chi connectivity index (χ4n) is 2.49. The van der Waals surface area contributed by atoms with Gasteiger partial charge in [0, 0.05) is 17.0 Å². The Morgan fingerprint density at radius 1 is 1.27 bits per heavy atom. The van der Waals surface area contributed by atoms with Gasteiger partial charge in [-0.25, -0.2) is 10.4 Å². The van der Waals surface area contributed by atoms with Crippen molar-refractivity contribution in [3.63, 3.8) is 0 Å². The van der Waals surface area contributed by atoms with Gasteiger partial charge in [-0.05, 0) is 43.3 Å². The molecule has 0 aliphatic heterocycles. The Kier molecular flexibility index (Phi) is 6.71. The van der Waals surface area contributed by atoms with Crippen LogP contribution in [-0.4, -0.2) is 29.1 Å². The predicted octanol–water partition coefficient (Wildman–Crippen LogP) is 3.85. The summed E-state index contributed by atoms with van der Waals surface area (Å²) in [5.74, 6) is 0.844. The van der Waals surface area contributed by atoms with E-state index in [1.54, 1.807) is 37.4 Å². The Balaban J connectivity index is 1.67. The molecule has 0 unspecified atom stereocenters. The van der Waals surface area contributed by atoms with Gasteiger partial charge in [-0.3, -0.25) is 14.9 Å². The van der Waals surface area contributed by atoms with Crippen LogP contribution in [-0.2, 0) is 11.2 Å². The summed E-state index contributed by atoms with van der Waals surface area (Å²) in [4.78, 5) is 27.0. The number of nitrogens with zero attached hydrogens (tertiary/aromatic N) is 3. The molecule has 0 saturated carbocycles. The first-order valence-electron chi connectivity index (χ1n) is 8.78. The second-order valence-electron chi connectivity index (χ2n) is 6.09. The smallest absolute Gasteiger partial charge is 0.312 e. The van der Waals surface area contributed by atoms with Crippen molar-refractivity contribution in [1.82, 2.24) is 10.4 Å². The van der Waals surface area contributed by atoms with Crippen LogP contribution in [0.15, 0.2) is 52.9 Å². The number of aryl methyl sites for hydroxylation is 1. The van der Waals surface area contributed by atoms with Gasteiger partial charge < -0.3 is 9.47 Å². The lowest BCUT2D eigenvalue weighted by atomic mass is 10.2. The van der Waals surface area contributed by atoms with Gasteiger partial charge in [0.25, 0.3) is 0 Å². The summed E-state index contributed by atoms with van der Waals surface area (Å²) in [6.07, 6.45) is 1.44. The summed E-state index contributed by atoms with van der Waals surface area (Å²) in [5.41, 5.74) is 3.27. The number of ether oxygens (including phenoxy) is 2. The maximum atomic E-state index is 11.9. The van der Waals surface area contributed by atoms with Crippen molar-refractivity contribution in [3.8, 4) is 17.2 Å². The maximum absolute atomic E-state index is 11.9. The van der Waals surface area contributed by atoms with Gasteiger partial charge in [0.05, 0.1) is 35.4 Å². The fourth-order valence-corrected chi connectivity index (χ4v) is 3.10. The molecule has 0 spiro atoms. The van der Waals surface area contributed by atoms with Crippen LogP contribution in [0, 0.1) is 17.0 Å². The van der Waals surface area contributed by atoms with E-state index in [-0.39, 0.29) is 23.8 Å². The third-order valence-corrected chi connectivity index (χ3v) is 4.70. The van der Waals surface area contributed by atoms with Gasteiger partial charge in [0.2, 0.25) is 11.7 Å². The fraction of sp³-hybridized carbons (Fsp3) is 0.150. The number of benzene rings is 2. The summed E-state index contributed by atoms with van der Waals surface area (Å²) < 4.78 is 10.7. The van der Waals surface area contributed by atoms with Gasteiger partial charge in [-0.15, -0.1) is 11.3 Å². The zero-order valence-corrected chi connectivity index (χ0v) is 17.0. The topological polar surface area (TPSA) is 116 Å². The summed E-state index contributed by atoms with van der Waals surface area (Å²) in [7, 11) is 1.55. The number of amides is 1. The molecule has 3 aromatic rings. The van der Waals surface area contributed by atoms with Crippen molar-refractivity contribution < 1.29 is 19.2 Å². The molecule has 1 heterocycles. The Morgan fingerprint density at radius 2 is 2.00 bits per heavy atom. The summed E-state index contributed by atoms with van der Waals surface area (Å²) in [6, 6.07) is 11.1. The van der Waals surface area contributed by atoms with Crippen LogP contribution in [0.5, 0.6) is 17.2 Å². The van der Waals surface area contributed by atoms with Gasteiger partial charge >= 0.3 is 5.69 Å². The third kappa shape index (κ3) is 5.61. The zero-order valence-electron chi connectivity index (χ0n) is 16.2. The van der Waals surface area contributed by atoms with E-state index in [0.717, 1.165) is 5.01 Å². The molecule has 1 aromatic heterocycles. The molecule has 0 bridgehead atoms. The number of methoxy groups -OCH3 is 1. The van der Waals surface area contributed by atoms with Crippen LogP contribution in [0.3, 0.4) is 0 Å². The van der Waals surface area contributed by atoms with Crippen LogP contribution >= 0.6 is 11.3 Å². The highest BCUT2D eigenvalue weighted by atomic mass is 32.1. The maximum Gasteiger partial charge on any atom is 0.312 e. The molecule has 1 amide bonds. The first-order valence-corrected chi connectivity index (χ1v) is 9.66. The molecule has 0 aliphatic carbocycles. The van der Waals surface area contributed by atoms with Crippen LogP contribution in [0.4, 0.5) is 5.69 Å². The predicted molar refractivity (Wildman–Crippen MR) is 112 cm³/mol. The first kappa shape index (κ1) is 20.9. The Bertz CT molecular complexity index is 1080. The van der Waals surface area contributed by atoms with Gasteiger partial charge in [0.15, 0.2) is 0 Å². The number of aromatic nitrogens is 1. The molecule has 0 fully saturated rings. The van der Waals surface area contributed by atoms with Crippen molar-refractivity contribution in [2.24, 2.45) is 5.10 Å². The highest BCUT2D eigenvalue weighted by Crippen LogP contribution is 2.32. The number of thiazole rings is 1. The standard InChI is InChI=1S/C20H18N4O5S/c1-13-22-15(12-30-13)10-20(25)23-21-11-14-3-8-19(18(9-14)24(26)27)29-17-6-4-16(28-2)5-7-17/h3-9,11-12H,10H2,1-2H3,(H,23,25). The van der Waals surface area contributed by atoms with E-state index < -0.39 is 4.92 Å². The van der Waals surface area contributed by atoms with Crippen LogP contribution in [0.25, 0.3) is 0 Å². The summed E-state index contributed by atoms with van der Waals surface area (Å²) in [6.45, 7) is 1.86. The first-order chi connectivity index (χ1) is 14.4. The molecule has 1 N–H and O–H groups in total. The van der Waals surface area contributed by atoms with Crippen molar-refractivity contribution in [3.05, 3.63) is 74.2 Å². The molecule has 3 rings (SSSR count). The van der Waals surface area contributed by atoms with E-state index in [1.807, 2.05) is 12.3 Å². The van der Waals surface area contributed by atoms with Crippen molar-refractivity contribution in [1.29, 1.82) is 0 Å². The molecule has 154 valence electrons. The van der Waals surface area contributed by atoms with Crippen LogP contribution in [0.1, 0.15) is 16.3 Å². The molecule has 0 aliphatic rings. The minimum Gasteiger partial charge on any atom is -0.497 e. The number of hydrogen-bond acceptors (Lipinski definition) is 8. The van der Waals surface area contributed by atoms with E-state index >= 15 is 0 Å². The number of hydrazone groups is 1. The minimum absolute atomic E-state index is 0.0882. The minimum atomic E-state index is -0.542. The van der Waals surface area contributed by atoms with Gasteiger partial charge in [0.1, 0.15) is 11.5 Å². The van der Waals surface area contributed by atoms with E-state index in [4.69, 9.17) is 9.47 Å². The van der Waals surface area contributed by atoms with Crippen molar-refractivity contribution in [2.45, 2.75) is 13.3 Å². The second-order valence-corrected chi connectivity index (χ2v) is 7.15. The summed E-state index contributed by atoms with van der Waals surface area (Å²) >= 11 is 1.46. The van der Waals surface area contributed by atoms with E-state index in [1.165, 1.54) is 29.7 Å². The Morgan fingerprint density at radius 3 is 2.63 bits per heavy atom. The molecular formula is C20H18N4O5S. The molecule has 10 heteroatoms. The molecule has 0 saturated heterocycles. The lowest BCUT2D eigenvalue weighted by molar-refractivity contribution is -0.385. The average molecular weight is 426 g/mol. The van der Waals surface area contributed by atoms with Crippen LogP contribution in [0.2, 0.25) is 0 Å². The molecular weight excluding hydrogens is 408 g/mol. The molecule has 30 heavy (non-hydrogen) atoms. The van der Waals surface area contributed by atoms with Crippen LogP contribution < -0.4 is 14.9 Å². The lowest BCUT2D eigenvalue weighted by Gasteiger charge is -2.07. The van der Waals surface area contributed by atoms with Gasteiger partial charge in [-0.1, -0.05) is 0 Å². The molecule has 0 atom stereocenters. The summed E-state index contributed by atoms with van der Waals surface area (Å²) in [5, 5.41) is 18.0. The normalized spacial score (nSPS) is 10.7. The number of carbonyl (C=O) groups excluding carboxylic acids is 1. The van der Waals surface area contributed by atoms with E-state index in [0.29, 0.717) is 22.8 Å². The largest absolute Gasteiger partial charge is 0.497 e. The second kappa shape index (κ2) is 9.61. The van der Waals surface area contributed by atoms with E-state index in [9.17, 15) is 14.9 Å². The average Bonchev–Trinajstić information content (AvgIpc) is 3.13. The number of nitrogens with one attached hydrogen (secondary N) is 1. The number of rotatable bonds is 8. The van der Waals surface area contributed by atoms with E-state index in [2.05, 4.69) is 15.5 Å². The van der Waals surface area contributed by atoms with Crippen molar-refractivity contribution >= 4 is 29.1 Å². The Labute approximate surface area is 176 Å².